The largest absolute Gasteiger partial charge is 0.478 e. The molecule has 3 rings (SSSR count). The first-order chi connectivity index (χ1) is 14.6. The van der Waals surface area contributed by atoms with Crippen LogP contribution in [0.15, 0.2) is 78.9 Å². The van der Waals surface area contributed by atoms with Crippen molar-refractivity contribution in [2.24, 2.45) is 0 Å². The number of hydrogen-bond donors (Lipinski definition) is 4. The van der Waals surface area contributed by atoms with E-state index in [2.05, 4.69) is 19.1 Å². The third kappa shape index (κ3) is 9.05. The van der Waals surface area contributed by atoms with E-state index in [0.717, 1.165) is 12.1 Å². The summed E-state index contributed by atoms with van der Waals surface area (Å²) in [4.78, 5) is 41.5. The van der Waals surface area contributed by atoms with Gasteiger partial charge in [-0.05, 0) is 43.3 Å². The minimum atomic E-state index is -1.13. The van der Waals surface area contributed by atoms with Crippen molar-refractivity contribution in [2.75, 3.05) is 0 Å². The normalized spacial score (nSPS) is 9.19. The third-order valence-corrected chi connectivity index (χ3v) is 3.65. The number of aryl methyl sites for hydroxylation is 1. The molecule has 160 valence electrons. The van der Waals surface area contributed by atoms with E-state index in [1.54, 1.807) is 0 Å². The number of aromatic carboxylic acids is 4. The molecule has 3 aromatic rings. The predicted octanol–water partition coefficient (Wildman–Crippen LogP) is 4.16. The molecule has 0 saturated carbocycles. The highest BCUT2D eigenvalue weighted by Gasteiger charge is 2.07. The van der Waals surface area contributed by atoms with E-state index in [0.29, 0.717) is 0 Å². The van der Waals surface area contributed by atoms with E-state index in [1.165, 1.54) is 42.0 Å². The van der Waals surface area contributed by atoms with Crippen LogP contribution in [0, 0.1) is 6.92 Å². The second-order valence-electron chi connectivity index (χ2n) is 6.04. The van der Waals surface area contributed by atoms with Gasteiger partial charge in [0.15, 0.2) is 0 Å². The van der Waals surface area contributed by atoms with Crippen molar-refractivity contribution in [3.63, 3.8) is 0 Å². The Kier molecular flexibility index (Phi) is 9.65. The summed E-state index contributed by atoms with van der Waals surface area (Å²) < 4.78 is 0. The maximum atomic E-state index is 10.4. The average molecular weight is 424 g/mol. The third-order valence-electron chi connectivity index (χ3n) is 3.65. The lowest BCUT2D eigenvalue weighted by Gasteiger charge is -1.95. The summed E-state index contributed by atoms with van der Waals surface area (Å²) in [7, 11) is 0. The zero-order valence-electron chi connectivity index (χ0n) is 16.4. The molecule has 0 amide bonds. The summed E-state index contributed by atoms with van der Waals surface area (Å²) in [5.74, 6) is -4.51. The van der Waals surface area contributed by atoms with Gasteiger partial charge in [-0.2, -0.15) is 0 Å². The van der Waals surface area contributed by atoms with E-state index in [1.807, 2.05) is 18.2 Å². The molecule has 0 heterocycles. The molecular weight excluding hydrogens is 404 g/mol. The molecule has 31 heavy (non-hydrogen) atoms. The quantitative estimate of drug-likeness (QED) is 0.488. The van der Waals surface area contributed by atoms with Gasteiger partial charge in [0.05, 0.1) is 22.3 Å². The molecule has 0 aliphatic heterocycles. The lowest BCUT2D eigenvalue weighted by Crippen LogP contribution is -2.01. The summed E-state index contributed by atoms with van der Waals surface area (Å²) in [6.07, 6.45) is 0. The molecule has 0 aliphatic rings. The second-order valence-corrected chi connectivity index (χ2v) is 6.04. The fourth-order valence-corrected chi connectivity index (χ4v) is 2.10. The van der Waals surface area contributed by atoms with Crippen LogP contribution in [0.3, 0.4) is 0 Å². The van der Waals surface area contributed by atoms with Crippen LogP contribution < -0.4 is 0 Å². The van der Waals surface area contributed by atoms with Crippen molar-refractivity contribution in [3.05, 3.63) is 107 Å². The Bertz CT molecular complexity index is 932. The summed E-state index contributed by atoms with van der Waals surface area (Å²) in [5.41, 5.74) is 1.25. The van der Waals surface area contributed by atoms with Crippen molar-refractivity contribution in [1.82, 2.24) is 0 Å². The van der Waals surface area contributed by atoms with Crippen LogP contribution in [0.2, 0.25) is 0 Å². The fourth-order valence-electron chi connectivity index (χ4n) is 2.10. The van der Waals surface area contributed by atoms with Crippen LogP contribution in [-0.2, 0) is 0 Å². The molecule has 0 radical (unpaired) electrons. The predicted molar refractivity (Wildman–Crippen MR) is 112 cm³/mol. The van der Waals surface area contributed by atoms with Gasteiger partial charge in [0, 0.05) is 0 Å². The van der Waals surface area contributed by atoms with Crippen molar-refractivity contribution < 1.29 is 39.6 Å². The van der Waals surface area contributed by atoms with Crippen LogP contribution in [0.4, 0.5) is 0 Å². The average Bonchev–Trinajstić information content (AvgIpc) is 2.75. The van der Waals surface area contributed by atoms with E-state index in [4.69, 9.17) is 20.4 Å². The highest BCUT2D eigenvalue weighted by molar-refractivity contribution is 5.94. The van der Waals surface area contributed by atoms with E-state index < -0.39 is 23.9 Å². The minimum Gasteiger partial charge on any atom is -0.478 e. The van der Waals surface area contributed by atoms with Crippen molar-refractivity contribution in [2.45, 2.75) is 6.92 Å². The molecule has 8 heteroatoms. The summed E-state index contributed by atoms with van der Waals surface area (Å²) in [6.45, 7) is 2.08. The van der Waals surface area contributed by atoms with Crippen molar-refractivity contribution in [3.8, 4) is 0 Å². The van der Waals surface area contributed by atoms with Gasteiger partial charge in [-0.25, -0.2) is 19.2 Å². The van der Waals surface area contributed by atoms with Gasteiger partial charge >= 0.3 is 23.9 Å². The SMILES string of the molecule is Cc1ccccc1.O=C(O)c1cccc(C(=O)O)c1.O=C(O)c1cccc(C(=O)O)c1. The number of carboxylic acid groups (broad SMARTS) is 4. The van der Waals surface area contributed by atoms with Gasteiger partial charge in [-0.1, -0.05) is 48.0 Å². The molecule has 0 fully saturated rings. The Labute approximate surface area is 177 Å². The first-order valence-electron chi connectivity index (χ1n) is 8.76. The monoisotopic (exact) mass is 424 g/mol. The topological polar surface area (TPSA) is 149 Å². The zero-order valence-corrected chi connectivity index (χ0v) is 16.4. The van der Waals surface area contributed by atoms with Gasteiger partial charge in [0.1, 0.15) is 0 Å². The van der Waals surface area contributed by atoms with Gasteiger partial charge in [-0.3, -0.25) is 0 Å². The van der Waals surface area contributed by atoms with Crippen LogP contribution >= 0.6 is 0 Å². The molecular formula is C23H20O8. The molecule has 0 saturated heterocycles. The van der Waals surface area contributed by atoms with Crippen molar-refractivity contribution in [1.29, 1.82) is 0 Å². The van der Waals surface area contributed by atoms with Gasteiger partial charge in [-0.15, -0.1) is 0 Å². The number of carboxylic acids is 4. The molecule has 0 bridgehead atoms. The van der Waals surface area contributed by atoms with E-state index in [-0.39, 0.29) is 22.3 Å². The smallest absolute Gasteiger partial charge is 0.335 e. The standard InChI is InChI=1S/2C8H6O4.C7H8/c2*9-7(10)5-2-1-3-6(4-5)8(11)12;1-7-5-3-2-4-6-7/h2*1-4H,(H,9,10)(H,11,12);2-6H,1H3. The van der Waals surface area contributed by atoms with Crippen LogP contribution in [0.5, 0.6) is 0 Å². The maximum Gasteiger partial charge on any atom is 0.335 e. The molecule has 8 nitrogen and oxygen atoms in total. The van der Waals surface area contributed by atoms with Gasteiger partial charge in [0.25, 0.3) is 0 Å². The van der Waals surface area contributed by atoms with Gasteiger partial charge < -0.3 is 20.4 Å². The molecule has 0 aliphatic carbocycles. The molecule has 0 atom stereocenters. The first-order valence-corrected chi connectivity index (χ1v) is 8.76. The second kappa shape index (κ2) is 12.2. The summed E-state index contributed by atoms with van der Waals surface area (Å²) in [5, 5.41) is 34.0. The Hall–Kier alpha value is -4.46. The summed E-state index contributed by atoms with van der Waals surface area (Å²) >= 11 is 0. The Morgan fingerprint density at radius 3 is 0.968 bits per heavy atom. The number of hydrogen-bond acceptors (Lipinski definition) is 4. The lowest BCUT2D eigenvalue weighted by molar-refractivity contribution is 0.0676. The molecule has 0 spiro atoms. The van der Waals surface area contributed by atoms with Crippen LogP contribution in [0.1, 0.15) is 47.0 Å². The van der Waals surface area contributed by atoms with Gasteiger partial charge in [0.2, 0.25) is 0 Å². The highest BCUT2D eigenvalue weighted by atomic mass is 16.4. The highest BCUT2D eigenvalue weighted by Crippen LogP contribution is 2.05. The Balaban J connectivity index is 0.000000241. The summed E-state index contributed by atoms with van der Waals surface area (Å²) in [6, 6.07) is 20.7. The van der Waals surface area contributed by atoms with Crippen LogP contribution in [0.25, 0.3) is 0 Å². The fraction of sp³-hybridized carbons (Fsp3) is 0.0435. The molecule has 3 aromatic carbocycles. The van der Waals surface area contributed by atoms with Crippen LogP contribution in [-0.4, -0.2) is 44.3 Å². The molecule has 0 unspecified atom stereocenters. The number of carbonyl (C=O) groups is 4. The molecule has 0 aromatic heterocycles. The zero-order chi connectivity index (χ0) is 23.4. The van der Waals surface area contributed by atoms with E-state index >= 15 is 0 Å². The lowest BCUT2D eigenvalue weighted by atomic mass is 10.1. The van der Waals surface area contributed by atoms with Crippen molar-refractivity contribution >= 4 is 23.9 Å². The maximum absolute atomic E-state index is 10.4. The Morgan fingerprint density at radius 1 is 0.484 bits per heavy atom. The number of rotatable bonds is 4. The van der Waals surface area contributed by atoms with E-state index in [9.17, 15) is 19.2 Å². The first kappa shape index (κ1) is 24.6. The molecule has 4 N–H and O–H groups in total. The minimum absolute atomic E-state index is 0.0186. The Morgan fingerprint density at radius 2 is 0.774 bits per heavy atom. The number of benzene rings is 3.